The Morgan fingerprint density at radius 3 is 2.40 bits per heavy atom. The minimum Gasteiger partial charge on any atom is -0.368 e. The van der Waals surface area contributed by atoms with E-state index < -0.39 is 0 Å². The van der Waals surface area contributed by atoms with E-state index in [0.717, 1.165) is 43.1 Å². The monoisotopic (exact) mass is 340 g/mol. The third kappa shape index (κ3) is 3.34. The highest BCUT2D eigenvalue weighted by Gasteiger charge is 2.28. The maximum absolute atomic E-state index is 13.0. The predicted octanol–water partition coefficient (Wildman–Crippen LogP) is 2.76. The molecule has 1 aliphatic heterocycles. The molecule has 1 saturated carbocycles. The van der Waals surface area contributed by atoms with Crippen molar-refractivity contribution in [3.8, 4) is 0 Å². The third-order valence-electron chi connectivity index (χ3n) is 4.93. The molecule has 1 aromatic heterocycles. The van der Waals surface area contributed by atoms with Gasteiger partial charge in [0.05, 0.1) is 11.3 Å². The van der Waals surface area contributed by atoms with Crippen molar-refractivity contribution in [3.05, 3.63) is 53.4 Å². The molecule has 0 spiro atoms. The number of rotatable bonds is 3. The lowest BCUT2D eigenvalue weighted by molar-refractivity contribution is 0.0745. The highest BCUT2D eigenvalue weighted by Crippen LogP contribution is 2.38. The van der Waals surface area contributed by atoms with Crippen LogP contribution in [-0.4, -0.2) is 47.0 Å². The summed E-state index contributed by atoms with van der Waals surface area (Å²) in [4.78, 5) is 25.7. The zero-order valence-corrected chi connectivity index (χ0v) is 14.3. The Labute approximate surface area is 146 Å². The van der Waals surface area contributed by atoms with E-state index >= 15 is 0 Å². The van der Waals surface area contributed by atoms with Gasteiger partial charge in [0.2, 0.25) is 0 Å². The quantitative estimate of drug-likeness (QED) is 0.862. The number of nitrogens with zero attached hydrogens (tertiary/aromatic N) is 4. The van der Waals surface area contributed by atoms with E-state index in [1.165, 1.54) is 12.1 Å². The molecule has 1 aromatic carbocycles. The lowest BCUT2D eigenvalue weighted by Crippen LogP contribution is -2.49. The number of piperazine rings is 1. The van der Waals surface area contributed by atoms with Crippen molar-refractivity contribution in [3.63, 3.8) is 0 Å². The van der Waals surface area contributed by atoms with Gasteiger partial charge in [0.1, 0.15) is 11.6 Å². The Morgan fingerprint density at radius 2 is 1.80 bits per heavy atom. The van der Waals surface area contributed by atoms with Crippen molar-refractivity contribution in [2.24, 2.45) is 0 Å². The van der Waals surface area contributed by atoms with Crippen LogP contribution in [0.2, 0.25) is 0 Å². The molecular weight excluding hydrogens is 319 g/mol. The van der Waals surface area contributed by atoms with Crippen LogP contribution in [0.4, 0.5) is 10.1 Å². The van der Waals surface area contributed by atoms with Gasteiger partial charge in [-0.05, 0) is 44.0 Å². The number of anilines is 1. The number of halogens is 1. The first-order chi connectivity index (χ1) is 12.1. The SMILES string of the molecule is Cc1nc(C2CC2)ncc1C(=O)N1CCN(c2ccc(F)cc2)CC1. The van der Waals surface area contributed by atoms with Crippen molar-refractivity contribution in [1.82, 2.24) is 14.9 Å². The molecule has 2 heterocycles. The van der Waals surface area contributed by atoms with Gasteiger partial charge in [0, 0.05) is 44.0 Å². The van der Waals surface area contributed by atoms with Gasteiger partial charge >= 0.3 is 0 Å². The van der Waals surface area contributed by atoms with Crippen molar-refractivity contribution in [2.75, 3.05) is 31.1 Å². The molecule has 1 amide bonds. The Kier molecular flexibility index (Phi) is 4.11. The lowest BCUT2D eigenvalue weighted by atomic mass is 10.1. The molecule has 2 fully saturated rings. The van der Waals surface area contributed by atoms with E-state index in [-0.39, 0.29) is 11.7 Å². The molecular formula is C19H21FN4O. The van der Waals surface area contributed by atoms with Crippen molar-refractivity contribution in [2.45, 2.75) is 25.7 Å². The fourth-order valence-corrected chi connectivity index (χ4v) is 3.22. The van der Waals surface area contributed by atoms with E-state index in [1.807, 2.05) is 11.8 Å². The first kappa shape index (κ1) is 16.0. The molecule has 0 unspecified atom stereocenters. The summed E-state index contributed by atoms with van der Waals surface area (Å²) in [5.41, 5.74) is 2.35. The van der Waals surface area contributed by atoms with Gasteiger partial charge in [-0.15, -0.1) is 0 Å². The second-order valence-electron chi connectivity index (χ2n) is 6.76. The number of carbonyl (C=O) groups excluding carboxylic acids is 1. The molecule has 2 aromatic rings. The second-order valence-corrected chi connectivity index (χ2v) is 6.76. The highest BCUT2D eigenvalue weighted by molar-refractivity contribution is 5.95. The number of amides is 1. The number of hydrogen-bond donors (Lipinski definition) is 0. The van der Waals surface area contributed by atoms with Crippen LogP contribution in [-0.2, 0) is 0 Å². The molecule has 0 bridgehead atoms. The molecule has 5 nitrogen and oxygen atoms in total. The molecule has 1 saturated heterocycles. The normalized spacial score (nSPS) is 17.7. The smallest absolute Gasteiger partial charge is 0.257 e. The average Bonchev–Trinajstić information content (AvgIpc) is 3.47. The van der Waals surface area contributed by atoms with Crippen molar-refractivity contribution in [1.29, 1.82) is 0 Å². The summed E-state index contributed by atoms with van der Waals surface area (Å²) in [5.74, 6) is 1.12. The van der Waals surface area contributed by atoms with Crippen LogP contribution >= 0.6 is 0 Å². The van der Waals surface area contributed by atoms with Gasteiger partial charge in [0.25, 0.3) is 5.91 Å². The number of carbonyl (C=O) groups is 1. The summed E-state index contributed by atoms with van der Waals surface area (Å²) in [6.07, 6.45) is 3.99. The summed E-state index contributed by atoms with van der Waals surface area (Å²) >= 11 is 0. The second kappa shape index (κ2) is 6.43. The van der Waals surface area contributed by atoms with Gasteiger partial charge < -0.3 is 9.80 Å². The summed E-state index contributed by atoms with van der Waals surface area (Å²) in [6, 6.07) is 6.49. The van der Waals surface area contributed by atoms with Crippen LogP contribution in [0.1, 0.15) is 40.6 Å². The number of benzene rings is 1. The van der Waals surface area contributed by atoms with Gasteiger partial charge in [-0.2, -0.15) is 0 Å². The molecule has 25 heavy (non-hydrogen) atoms. The average molecular weight is 340 g/mol. The minimum atomic E-state index is -0.234. The molecule has 4 rings (SSSR count). The molecule has 0 atom stereocenters. The summed E-state index contributed by atoms with van der Waals surface area (Å²) in [6.45, 7) is 4.63. The van der Waals surface area contributed by atoms with Gasteiger partial charge in [-0.25, -0.2) is 14.4 Å². The standard InChI is InChI=1S/C19H21FN4O/c1-13-17(12-21-18(22-13)14-2-3-14)19(25)24-10-8-23(9-11-24)16-6-4-15(20)5-7-16/h4-7,12,14H,2-3,8-11H2,1H3. The number of aryl methyl sites for hydroxylation is 1. The number of aromatic nitrogens is 2. The van der Waals surface area contributed by atoms with Crippen LogP contribution in [0.5, 0.6) is 0 Å². The molecule has 2 aliphatic rings. The topological polar surface area (TPSA) is 49.3 Å². The third-order valence-corrected chi connectivity index (χ3v) is 4.93. The maximum Gasteiger partial charge on any atom is 0.257 e. The first-order valence-corrected chi connectivity index (χ1v) is 8.75. The minimum absolute atomic E-state index is 0.00129. The van der Waals surface area contributed by atoms with Gasteiger partial charge in [-0.1, -0.05) is 0 Å². The summed E-state index contributed by atoms with van der Waals surface area (Å²) in [5, 5.41) is 0. The van der Waals surface area contributed by atoms with E-state index in [4.69, 9.17) is 0 Å². The van der Waals surface area contributed by atoms with E-state index in [2.05, 4.69) is 14.9 Å². The van der Waals surface area contributed by atoms with Crippen molar-refractivity contribution < 1.29 is 9.18 Å². The molecule has 1 aliphatic carbocycles. The number of hydrogen-bond acceptors (Lipinski definition) is 4. The van der Waals surface area contributed by atoms with E-state index in [1.54, 1.807) is 18.3 Å². The van der Waals surface area contributed by atoms with Crippen LogP contribution < -0.4 is 4.90 Å². The fourth-order valence-electron chi connectivity index (χ4n) is 3.22. The largest absolute Gasteiger partial charge is 0.368 e. The molecule has 6 heteroatoms. The Balaban J connectivity index is 1.41. The Bertz CT molecular complexity index is 781. The van der Waals surface area contributed by atoms with Crippen LogP contribution in [0.25, 0.3) is 0 Å². The fraction of sp³-hybridized carbons (Fsp3) is 0.421. The van der Waals surface area contributed by atoms with Crippen LogP contribution in [0.15, 0.2) is 30.5 Å². The maximum atomic E-state index is 13.0. The van der Waals surface area contributed by atoms with Crippen LogP contribution in [0.3, 0.4) is 0 Å². The van der Waals surface area contributed by atoms with E-state index in [9.17, 15) is 9.18 Å². The molecule has 0 N–H and O–H groups in total. The van der Waals surface area contributed by atoms with Gasteiger partial charge in [0.15, 0.2) is 0 Å². The molecule has 130 valence electrons. The Morgan fingerprint density at radius 1 is 1.12 bits per heavy atom. The van der Waals surface area contributed by atoms with Crippen LogP contribution in [0, 0.1) is 12.7 Å². The van der Waals surface area contributed by atoms with Crippen molar-refractivity contribution >= 4 is 11.6 Å². The van der Waals surface area contributed by atoms with E-state index in [0.29, 0.717) is 24.6 Å². The Hall–Kier alpha value is -2.50. The first-order valence-electron chi connectivity index (χ1n) is 8.75. The summed E-state index contributed by atoms with van der Waals surface area (Å²) in [7, 11) is 0. The highest BCUT2D eigenvalue weighted by atomic mass is 19.1. The summed E-state index contributed by atoms with van der Waals surface area (Å²) < 4.78 is 13.0. The lowest BCUT2D eigenvalue weighted by Gasteiger charge is -2.36. The zero-order chi connectivity index (χ0) is 17.4. The molecule has 0 radical (unpaired) electrons. The predicted molar refractivity (Wildman–Crippen MR) is 93.3 cm³/mol. The zero-order valence-electron chi connectivity index (χ0n) is 14.3. The van der Waals surface area contributed by atoms with Gasteiger partial charge in [-0.3, -0.25) is 4.79 Å².